The van der Waals surface area contributed by atoms with Gasteiger partial charge in [0.05, 0.1) is 0 Å². The lowest BCUT2D eigenvalue weighted by molar-refractivity contribution is 0.383. The molecule has 2 aliphatic rings. The Morgan fingerprint density at radius 3 is 2.24 bits per heavy atom. The van der Waals surface area contributed by atoms with Crippen LogP contribution in [0.2, 0.25) is 0 Å². The van der Waals surface area contributed by atoms with E-state index in [-0.39, 0.29) is 0 Å². The fourth-order valence-corrected chi connectivity index (χ4v) is 2.71. The second-order valence-electron chi connectivity index (χ2n) is 5.75. The Bertz CT molecular complexity index is 250. The third kappa shape index (κ3) is 4.21. The van der Waals surface area contributed by atoms with E-state index in [2.05, 4.69) is 16.9 Å². The third-order valence-electron chi connectivity index (χ3n) is 4.19. The van der Waals surface area contributed by atoms with Crippen LogP contribution in [0, 0.1) is 5.92 Å². The van der Waals surface area contributed by atoms with Crippen molar-refractivity contribution in [2.75, 3.05) is 13.6 Å². The van der Waals surface area contributed by atoms with Gasteiger partial charge in [-0.15, -0.1) is 0 Å². The molecular weight excluding hydrogens is 210 g/mol. The lowest BCUT2D eigenvalue weighted by Gasteiger charge is -2.20. The van der Waals surface area contributed by atoms with Gasteiger partial charge in [-0.2, -0.15) is 0 Å². The first-order valence-electron chi connectivity index (χ1n) is 7.30. The second kappa shape index (κ2) is 6.27. The Kier molecular flexibility index (Phi) is 4.69. The molecule has 0 spiro atoms. The standard InChI is InChI=1S/C14H27N3/c1-17(13-9-10-13)14(15)16-11-12-7-5-3-2-4-6-8-12/h12-13H,2-11H2,1H3,(H2,15,16). The first-order valence-corrected chi connectivity index (χ1v) is 7.30. The molecule has 0 radical (unpaired) electrons. The fraction of sp³-hybridized carbons (Fsp3) is 0.929. The summed E-state index contributed by atoms with van der Waals surface area (Å²) >= 11 is 0. The van der Waals surface area contributed by atoms with Crippen LogP contribution in [0.25, 0.3) is 0 Å². The van der Waals surface area contributed by atoms with E-state index in [1.807, 2.05) is 0 Å². The van der Waals surface area contributed by atoms with Gasteiger partial charge < -0.3 is 10.6 Å². The van der Waals surface area contributed by atoms with Gasteiger partial charge >= 0.3 is 0 Å². The van der Waals surface area contributed by atoms with Crippen LogP contribution in [0.15, 0.2) is 4.99 Å². The van der Waals surface area contributed by atoms with Gasteiger partial charge in [0.25, 0.3) is 0 Å². The predicted molar refractivity (Wildman–Crippen MR) is 73.1 cm³/mol. The minimum atomic E-state index is 0.677. The monoisotopic (exact) mass is 237 g/mol. The van der Waals surface area contributed by atoms with Crippen LogP contribution < -0.4 is 5.73 Å². The van der Waals surface area contributed by atoms with Gasteiger partial charge in [0.2, 0.25) is 0 Å². The van der Waals surface area contributed by atoms with Gasteiger partial charge in [0.15, 0.2) is 5.96 Å². The summed E-state index contributed by atoms with van der Waals surface area (Å²) in [7, 11) is 2.08. The molecule has 0 unspecified atom stereocenters. The molecule has 3 heteroatoms. The zero-order valence-electron chi connectivity index (χ0n) is 11.2. The van der Waals surface area contributed by atoms with Crippen molar-refractivity contribution in [1.29, 1.82) is 0 Å². The van der Waals surface area contributed by atoms with E-state index in [1.165, 1.54) is 57.8 Å². The summed E-state index contributed by atoms with van der Waals surface area (Å²) in [6, 6.07) is 0.677. The van der Waals surface area contributed by atoms with Gasteiger partial charge in [0.1, 0.15) is 0 Å². The highest BCUT2D eigenvalue weighted by molar-refractivity contribution is 5.78. The second-order valence-corrected chi connectivity index (χ2v) is 5.75. The van der Waals surface area contributed by atoms with Gasteiger partial charge in [-0.05, 0) is 31.6 Å². The van der Waals surface area contributed by atoms with Crippen molar-refractivity contribution < 1.29 is 0 Å². The Morgan fingerprint density at radius 2 is 1.65 bits per heavy atom. The summed E-state index contributed by atoms with van der Waals surface area (Å²) in [4.78, 5) is 6.76. The van der Waals surface area contributed by atoms with E-state index in [9.17, 15) is 0 Å². The topological polar surface area (TPSA) is 41.6 Å². The maximum Gasteiger partial charge on any atom is 0.191 e. The summed E-state index contributed by atoms with van der Waals surface area (Å²) in [6.07, 6.45) is 12.3. The molecule has 2 fully saturated rings. The van der Waals surface area contributed by atoms with E-state index in [0.717, 1.165) is 18.4 Å². The Hall–Kier alpha value is -0.730. The molecule has 3 nitrogen and oxygen atoms in total. The van der Waals surface area contributed by atoms with Gasteiger partial charge in [0, 0.05) is 19.6 Å². The minimum Gasteiger partial charge on any atom is -0.370 e. The number of hydrogen-bond donors (Lipinski definition) is 1. The van der Waals surface area contributed by atoms with Crippen LogP contribution in [0.5, 0.6) is 0 Å². The first kappa shape index (κ1) is 12.7. The molecular formula is C14H27N3. The lowest BCUT2D eigenvalue weighted by atomic mass is 9.91. The summed E-state index contributed by atoms with van der Waals surface area (Å²) < 4.78 is 0. The fourth-order valence-electron chi connectivity index (χ4n) is 2.71. The van der Waals surface area contributed by atoms with E-state index in [1.54, 1.807) is 0 Å². The maximum atomic E-state index is 6.02. The number of nitrogens with zero attached hydrogens (tertiary/aromatic N) is 2. The number of rotatable bonds is 3. The molecule has 0 saturated heterocycles. The van der Waals surface area contributed by atoms with Crippen molar-refractivity contribution in [1.82, 2.24) is 4.90 Å². The van der Waals surface area contributed by atoms with Crippen molar-refractivity contribution in [3.8, 4) is 0 Å². The number of aliphatic imine (C=N–C) groups is 1. The van der Waals surface area contributed by atoms with E-state index >= 15 is 0 Å². The summed E-state index contributed by atoms with van der Waals surface area (Å²) in [5.41, 5.74) is 6.02. The normalized spacial score (nSPS) is 24.2. The highest BCUT2D eigenvalue weighted by Crippen LogP contribution is 2.25. The molecule has 17 heavy (non-hydrogen) atoms. The Balaban J connectivity index is 1.75. The van der Waals surface area contributed by atoms with Crippen molar-refractivity contribution in [3.63, 3.8) is 0 Å². The number of hydrogen-bond acceptors (Lipinski definition) is 1. The van der Waals surface area contributed by atoms with Crippen molar-refractivity contribution in [2.45, 2.75) is 63.8 Å². The molecule has 0 bridgehead atoms. The molecule has 2 rings (SSSR count). The predicted octanol–water partition coefficient (Wildman–Crippen LogP) is 2.76. The Labute approximate surface area is 105 Å². The van der Waals surface area contributed by atoms with Crippen LogP contribution in [0.4, 0.5) is 0 Å². The van der Waals surface area contributed by atoms with Gasteiger partial charge in [-0.3, -0.25) is 4.99 Å². The molecule has 2 N–H and O–H groups in total. The highest BCUT2D eigenvalue weighted by Gasteiger charge is 2.27. The largest absolute Gasteiger partial charge is 0.370 e. The smallest absolute Gasteiger partial charge is 0.191 e. The Morgan fingerprint density at radius 1 is 1.06 bits per heavy atom. The van der Waals surface area contributed by atoms with Crippen LogP contribution >= 0.6 is 0 Å². The molecule has 0 heterocycles. The van der Waals surface area contributed by atoms with Crippen LogP contribution in [-0.4, -0.2) is 30.5 Å². The highest BCUT2D eigenvalue weighted by atomic mass is 15.3. The molecule has 0 aromatic carbocycles. The molecule has 2 saturated carbocycles. The van der Waals surface area contributed by atoms with Crippen molar-refractivity contribution in [2.24, 2.45) is 16.6 Å². The number of nitrogens with two attached hydrogens (primary N) is 1. The SMILES string of the molecule is CN(C(N)=NCC1CCCCCCC1)C1CC1. The van der Waals surface area contributed by atoms with E-state index in [4.69, 9.17) is 5.73 Å². The molecule has 0 aliphatic heterocycles. The lowest BCUT2D eigenvalue weighted by Crippen LogP contribution is -2.36. The van der Waals surface area contributed by atoms with Gasteiger partial charge in [-0.1, -0.05) is 32.1 Å². The van der Waals surface area contributed by atoms with Crippen LogP contribution in [0.1, 0.15) is 57.8 Å². The molecule has 0 atom stereocenters. The van der Waals surface area contributed by atoms with Crippen molar-refractivity contribution >= 4 is 5.96 Å². The molecule has 0 aromatic heterocycles. The molecule has 0 aromatic rings. The third-order valence-corrected chi connectivity index (χ3v) is 4.19. The molecule has 98 valence electrons. The average molecular weight is 237 g/mol. The quantitative estimate of drug-likeness (QED) is 0.606. The summed E-state index contributed by atoms with van der Waals surface area (Å²) in [5, 5.41) is 0. The zero-order valence-corrected chi connectivity index (χ0v) is 11.2. The summed E-state index contributed by atoms with van der Waals surface area (Å²) in [6.45, 7) is 0.947. The average Bonchev–Trinajstić information content (AvgIpc) is 3.10. The zero-order chi connectivity index (χ0) is 12.1. The van der Waals surface area contributed by atoms with E-state index in [0.29, 0.717) is 6.04 Å². The first-order chi connectivity index (χ1) is 8.27. The van der Waals surface area contributed by atoms with E-state index < -0.39 is 0 Å². The number of guanidine groups is 1. The van der Waals surface area contributed by atoms with Crippen LogP contribution in [0.3, 0.4) is 0 Å². The molecule has 0 amide bonds. The maximum absolute atomic E-state index is 6.02. The van der Waals surface area contributed by atoms with Crippen molar-refractivity contribution in [3.05, 3.63) is 0 Å². The van der Waals surface area contributed by atoms with Crippen LogP contribution in [-0.2, 0) is 0 Å². The summed E-state index contributed by atoms with van der Waals surface area (Å²) in [5.74, 6) is 1.54. The molecule has 2 aliphatic carbocycles. The van der Waals surface area contributed by atoms with Gasteiger partial charge in [-0.25, -0.2) is 0 Å². The minimum absolute atomic E-state index is 0.677.